The number of benzene rings is 1. The number of carboxylic acid groups (broad SMARTS) is 1. The number of hydrogen-bond donors (Lipinski definition) is 1. The summed E-state index contributed by atoms with van der Waals surface area (Å²) < 4.78 is 43.2. The third-order valence-corrected chi connectivity index (χ3v) is 3.22. The van der Waals surface area contributed by atoms with Crippen LogP contribution in [0.2, 0.25) is 0 Å². The summed E-state index contributed by atoms with van der Waals surface area (Å²) in [5.41, 5.74) is 0.0193. The summed E-state index contributed by atoms with van der Waals surface area (Å²) in [5.74, 6) is -1.28. The molecule has 7 heteroatoms. The third kappa shape index (κ3) is 4.13. The Morgan fingerprint density at radius 3 is 2.54 bits per heavy atom. The van der Waals surface area contributed by atoms with Crippen LogP contribution in [0.15, 0.2) is 48.5 Å². The standard InChI is InChI=1S/C17H14F3NO3/c1-2-12(16(22)23)13-7-4-3-6-11(13)10-24-15-9-5-8-14(21-15)17(18,19)20/h2-9H,10H2,1H3,(H,22,23)/b12-2+. The summed E-state index contributed by atoms with van der Waals surface area (Å²) in [6.07, 6.45) is -3.11. The van der Waals surface area contributed by atoms with Crippen LogP contribution in [0.1, 0.15) is 23.7 Å². The highest BCUT2D eigenvalue weighted by atomic mass is 19.4. The quantitative estimate of drug-likeness (QED) is 0.832. The molecule has 2 aromatic rings. The number of rotatable bonds is 5. The third-order valence-electron chi connectivity index (χ3n) is 3.22. The number of pyridine rings is 1. The molecule has 0 aliphatic carbocycles. The lowest BCUT2D eigenvalue weighted by Gasteiger charge is -2.12. The smallest absolute Gasteiger partial charge is 0.433 e. The maximum absolute atomic E-state index is 12.6. The summed E-state index contributed by atoms with van der Waals surface area (Å²) >= 11 is 0. The molecule has 0 spiro atoms. The van der Waals surface area contributed by atoms with Gasteiger partial charge in [-0.15, -0.1) is 0 Å². The first-order chi connectivity index (χ1) is 11.3. The zero-order valence-electron chi connectivity index (χ0n) is 12.7. The predicted octanol–water partition coefficient (Wildman–Crippen LogP) is 4.17. The van der Waals surface area contributed by atoms with Crippen LogP contribution in [-0.4, -0.2) is 16.1 Å². The SMILES string of the molecule is C/C=C(/C(=O)O)c1ccccc1COc1cccc(C(F)(F)F)n1. The Morgan fingerprint density at radius 2 is 1.92 bits per heavy atom. The second-order valence-corrected chi connectivity index (χ2v) is 4.81. The van der Waals surface area contributed by atoms with E-state index in [0.29, 0.717) is 11.1 Å². The molecule has 0 saturated heterocycles. The van der Waals surface area contributed by atoms with Gasteiger partial charge in [0.15, 0.2) is 0 Å². The highest BCUT2D eigenvalue weighted by Gasteiger charge is 2.32. The van der Waals surface area contributed by atoms with E-state index in [1.54, 1.807) is 31.2 Å². The maximum atomic E-state index is 12.6. The first-order valence-corrected chi connectivity index (χ1v) is 6.98. The normalized spacial score (nSPS) is 12.1. The number of carbonyl (C=O) groups is 1. The van der Waals surface area contributed by atoms with Crippen LogP contribution in [0.3, 0.4) is 0 Å². The van der Waals surface area contributed by atoms with Gasteiger partial charge in [0.1, 0.15) is 12.3 Å². The fraction of sp³-hybridized carbons (Fsp3) is 0.176. The molecule has 4 nitrogen and oxygen atoms in total. The van der Waals surface area contributed by atoms with Crippen LogP contribution in [0, 0.1) is 0 Å². The molecule has 24 heavy (non-hydrogen) atoms. The first kappa shape index (κ1) is 17.5. The van der Waals surface area contributed by atoms with Gasteiger partial charge < -0.3 is 9.84 Å². The van der Waals surface area contributed by atoms with Crippen molar-refractivity contribution in [3.05, 3.63) is 65.4 Å². The fourth-order valence-corrected chi connectivity index (χ4v) is 2.11. The molecule has 0 bridgehead atoms. The number of carboxylic acids is 1. The number of nitrogens with zero attached hydrogens (tertiary/aromatic N) is 1. The number of allylic oxidation sites excluding steroid dienone is 1. The average molecular weight is 337 g/mol. The van der Waals surface area contributed by atoms with E-state index in [2.05, 4.69) is 4.98 Å². The van der Waals surface area contributed by atoms with Crippen LogP contribution in [0.4, 0.5) is 13.2 Å². The van der Waals surface area contributed by atoms with Gasteiger partial charge in [-0.2, -0.15) is 13.2 Å². The van der Waals surface area contributed by atoms with Crippen molar-refractivity contribution in [2.45, 2.75) is 19.7 Å². The topological polar surface area (TPSA) is 59.4 Å². The molecule has 1 heterocycles. The van der Waals surface area contributed by atoms with E-state index in [1.807, 2.05) is 0 Å². The Hall–Kier alpha value is -2.83. The molecule has 0 saturated carbocycles. The highest BCUT2D eigenvalue weighted by molar-refractivity contribution is 6.15. The van der Waals surface area contributed by atoms with Crippen molar-refractivity contribution < 1.29 is 27.8 Å². The molecule has 0 unspecified atom stereocenters. The van der Waals surface area contributed by atoms with Crippen LogP contribution < -0.4 is 4.74 Å². The van der Waals surface area contributed by atoms with Gasteiger partial charge in [-0.1, -0.05) is 36.4 Å². The van der Waals surface area contributed by atoms with Crippen molar-refractivity contribution in [2.24, 2.45) is 0 Å². The van der Waals surface area contributed by atoms with Gasteiger partial charge in [0.05, 0.1) is 5.57 Å². The van der Waals surface area contributed by atoms with E-state index in [-0.39, 0.29) is 18.1 Å². The number of aliphatic carboxylic acids is 1. The molecule has 0 aliphatic rings. The summed E-state index contributed by atoms with van der Waals surface area (Å²) in [7, 11) is 0. The predicted molar refractivity (Wildman–Crippen MR) is 81.3 cm³/mol. The van der Waals surface area contributed by atoms with E-state index in [1.165, 1.54) is 18.2 Å². The molecular weight excluding hydrogens is 323 g/mol. The van der Waals surface area contributed by atoms with Crippen molar-refractivity contribution in [3.63, 3.8) is 0 Å². The van der Waals surface area contributed by atoms with Crippen molar-refractivity contribution >= 4 is 11.5 Å². The number of ether oxygens (including phenoxy) is 1. The minimum Gasteiger partial charge on any atom is -0.478 e. The highest BCUT2D eigenvalue weighted by Crippen LogP contribution is 2.29. The second-order valence-electron chi connectivity index (χ2n) is 4.81. The molecule has 0 radical (unpaired) electrons. The van der Waals surface area contributed by atoms with Crippen LogP contribution in [0.5, 0.6) is 5.88 Å². The van der Waals surface area contributed by atoms with Gasteiger partial charge in [-0.3, -0.25) is 0 Å². The number of hydrogen-bond acceptors (Lipinski definition) is 3. The maximum Gasteiger partial charge on any atom is 0.433 e. The Morgan fingerprint density at radius 1 is 1.21 bits per heavy atom. The van der Waals surface area contributed by atoms with Gasteiger partial charge in [0.25, 0.3) is 0 Å². The molecule has 0 atom stereocenters. The first-order valence-electron chi connectivity index (χ1n) is 6.98. The molecule has 0 fully saturated rings. The number of halogens is 3. The molecule has 1 N–H and O–H groups in total. The number of aromatic nitrogens is 1. The summed E-state index contributed by atoms with van der Waals surface area (Å²) in [6.45, 7) is 1.49. The van der Waals surface area contributed by atoms with Crippen molar-refractivity contribution in [2.75, 3.05) is 0 Å². The zero-order chi connectivity index (χ0) is 17.7. The van der Waals surface area contributed by atoms with Crippen molar-refractivity contribution in [1.29, 1.82) is 0 Å². The Kier molecular flexibility index (Phi) is 5.23. The van der Waals surface area contributed by atoms with Gasteiger partial charge >= 0.3 is 12.1 Å². The Bertz CT molecular complexity index is 770. The summed E-state index contributed by atoms with van der Waals surface area (Å²) in [5, 5.41) is 9.22. The summed E-state index contributed by atoms with van der Waals surface area (Å²) in [4.78, 5) is 14.7. The summed E-state index contributed by atoms with van der Waals surface area (Å²) in [6, 6.07) is 9.99. The van der Waals surface area contributed by atoms with Crippen molar-refractivity contribution in [1.82, 2.24) is 4.98 Å². The van der Waals surface area contributed by atoms with E-state index in [9.17, 15) is 23.1 Å². The molecule has 0 amide bonds. The fourth-order valence-electron chi connectivity index (χ4n) is 2.11. The van der Waals surface area contributed by atoms with Gasteiger partial charge in [-0.05, 0) is 24.1 Å². The molecule has 1 aromatic heterocycles. The lowest BCUT2D eigenvalue weighted by atomic mass is 10.00. The molecule has 1 aromatic carbocycles. The molecule has 2 rings (SSSR count). The van der Waals surface area contributed by atoms with E-state index >= 15 is 0 Å². The average Bonchev–Trinajstić information content (AvgIpc) is 2.54. The monoisotopic (exact) mass is 337 g/mol. The van der Waals surface area contributed by atoms with Gasteiger partial charge in [0, 0.05) is 6.07 Å². The number of alkyl halides is 3. The largest absolute Gasteiger partial charge is 0.478 e. The lowest BCUT2D eigenvalue weighted by Crippen LogP contribution is -2.09. The van der Waals surface area contributed by atoms with E-state index in [4.69, 9.17) is 4.74 Å². The molecule has 0 aliphatic heterocycles. The molecular formula is C17H14F3NO3. The van der Waals surface area contributed by atoms with E-state index < -0.39 is 17.8 Å². The lowest BCUT2D eigenvalue weighted by molar-refractivity contribution is -0.141. The van der Waals surface area contributed by atoms with Crippen molar-refractivity contribution in [3.8, 4) is 5.88 Å². The van der Waals surface area contributed by atoms with Gasteiger partial charge in [0.2, 0.25) is 5.88 Å². The van der Waals surface area contributed by atoms with E-state index in [0.717, 1.165) is 6.07 Å². The van der Waals surface area contributed by atoms with Crippen LogP contribution in [0.25, 0.3) is 5.57 Å². The second kappa shape index (κ2) is 7.16. The van der Waals surface area contributed by atoms with Crippen LogP contribution in [-0.2, 0) is 17.6 Å². The minimum absolute atomic E-state index is 0.0891. The Labute approximate surface area is 136 Å². The van der Waals surface area contributed by atoms with Crippen LogP contribution >= 0.6 is 0 Å². The Balaban J connectivity index is 2.23. The molecule has 126 valence electrons. The minimum atomic E-state index is -4.56. The van der Waals surface area contributed by atoms with Gasteiger partial charge in [-0.25, -0.2) is 9.78 Å². The zero-order valence-corrected chi connectivity index (χ0v) is 12.7.